The quantitative estimate of drug-likeness (QED) is 0.549. The molecule has 4 aromatic rings. The van der Waals surface area contributed by atoms with Crippen molar-refractivity contribution in [3.8, 4) is 11.3 Å². The molecule has 0 bridgehead atoms. The van der Waals surface area contributed by atoms with E-state index in [1.807, 2.05) is 55.6 Å². The van der Waals surface area contributed by atoms with Gasteiger partial charge in [-0.3, -0.25) is 4.98 Å². The minimum absolute atomic E-state index is 0.198. The van der Waals surface area contributed by atoms with Gasteiger partial charge in [-0.1, -0.05) is 18.2 Å². The number of nitrogen functional groups attached to an aromatic ring is 1. The third-order valence-corrected chi connectivity index (χ3v) is 4.54. The Kier molecular flexibility index (Phi) is 3.73. The highest BCUT2D eigenvalue weighted by molar-refractivity contribution is 5.92. The van der Waals surface area contributed by atoms with Crippen LogP contribution in [0.25, 0.3) is 22.2 Å². The molecule has 4 heteroatoms. The lowest BCUT2D eigenvalue weighted by atomic mass is 10.1. The predicted octanol–water partition coefficient (Wildman–Crippen LogP) is 4.78. The van der Waals surface area contributed by atoms with Crippen molar-refractivity contribution in [3.05, 3.63) is 83.9 Å². The molecule has 3 nitrogen and oxygen atoms in total. The van der Waals surface area contributed by atoms with Crippen molar-refractivity contribution in [2.24, 2.45) is 0 Å². The standard InChI is InChI=1S/C21H18FN3/c1-14-20-18(22)5-2-6-19(20)25(13-15-7-9-17(23)10-8-15)21(14)16-4-3-11-24-12-16/h2-12H,13,23H2,1H3. The van der Waals surface area contributed by atoms with Crippen LogP contribution >= 0.6 is 0 Å². The van der Waals surface area contributed by atoms with Crippen LogP contribution in [0, 0.1) is 12.7 Å². The highest BCUT2D eigenvalue weighted by Gasteiger charge is 2.18. The Morgan fingerprint density at radius 1 is 1.04 bits per heavy atom. The van der Waals surface area contributed by atoms with E-state index in [1.54, 1.807) is 12.3 Å². The Morgan fingerprint density at radius 2 is 1.84 bits per heavy atom. The summed E-state index contributed by atoms with van der Waals surface area (Å²) >= 11 is 0. The number of hydrogen-bond acceptors (Lipinski definition) is 2. The van der Waals surface area contributed by atoms with Crippen molar-refractivity contribution in [2.75, 3.05) is 5.73 Å². The Hall–Kier alpha value is -3.14. The molecule has 124 valence electrons. The van der Waals surface area contributed by atoms with Gasteiger partial charge in [0.15, 0.2) is 0 Å². The van der Waals surface area contributed by atoms with Crippen LogP contribution in [0.3, 0.4) is 0 Å². The fourth-order valence-corrected chi connectivity index (χ4v) is 3.40. The lowest BCUT2D eigenvalue weighted by Gasteiger charge is -2.12. The zero-order chi connectivity index (χ0) is 17.4. The highest BCUT2D eigenvalue weighted by atomic mass is 19.1. The molecule has 0 radical (unpaired) electrons. The van der Waals surface area contributed by atoms with E-state index in [0.29, 0.717) is 11.9 Å². The summed E-state index contributed by atoms with van der Waals surface area (Å²) in [7, 11) is 0. The number of benzene rings is 2. The first kappa shape index (κ1) is 15.4. The van der Waals surface area contributed by atoms with Crippen LogP contribution in [0.4, 0.5) is 10.1 Å². The fraction of sp³-hybridized carbons (Fsp3) is 0.0952. The fourth-order valence-electron chi connectivity index (χ4n) is 3.40. The van der Waals surface area contributed by atoms with Crippen LogP contribution in [0.2, 0.25) is 0 Å². The summed E-state index contributed by atoms with van der Waals surface area (Å²) in [6, 6.07) is 16.9. The van der Waals surface area contributed by atoms with Gasteiger partial charge in [0.25, 0.3) is 0 Å². The Morgan fingerprint density at radius 3 is 2.56 bits per heavy atom. The summed E-state index contributed by atoms with van der Waals surface area (Å²) in [4.78, 5) is 4.23. The predicted molar refractivity (Wildman–Crippen MR) is 99.8 cm³/mol. The van der Waals surface area contributed by atoms with E-state index >= 15 is 0 Å². The molecule has 0 aliphatic rings. The summed E-state index contributed by atoms with van der Waals surface area (Å²) in [5.74, 6) is -0.198. The van der Waals surface area contributed by atoms with Crippen LogP contribution in [0.5, 0.6) is 0 Å². The second kappa shape index (κ2) is 6.06. The number of fused-ring (bicyclic) bond motifs is 1. The summed E-state index contributed by atoms with van der Waals surface area (Å²) in [5, 5.41) is 0.664. The van der Waals surface area contributed by atoms with Crippen LogP contribution in [-0.2, 0) is 6.54 Å². The molecule has 0 saturated heterocycles. The minimum Gasteiger partial charge on any atom is -0.399 e. The number of aromatic nitrogens is 2. The van der Waals surface area contributed by atoms with Gasteiger partial charge in [0.2, 0.25) is 0 Å². The third-order valence-electron chi connectivity index (χ3n) is 4.54. The molecule has 0 unspecified atom stereocenters. The summed E-state index contributed by atoms with van der Waals surface area (Å²) in [6.07, 6.45) is 3.56. The zero-order valence-electron chi connectivity index (χ0n) is 13.9. The Balaban J connectivity index is 1.97. The van der Waals surface area contributed by atoms with Crippen LogP contribution < -0.4 is 5.73 Å². The molecular weight excluding hydrogens is 313 g/mol. The molecule has 0 aliphatic heterocycles. The maximum Gasteiger partial charge on any atom is 0.132 e. The van der Waals surface area contributed by atoms with E-state index in [4.69, 9.17) is 5.73 Å². The van der Waals surface area contributed by atoms with Gasteiger partial charge in [-0.05, 0) is 54.4 Å². The molecule has 0 aliphatic carbocycles. The molecule has 4 rings (SSSR count). The van der Waals surface area contributed by atoms with Gasteiger partial charge >= 0.3 is 0 Å². The molecule has 2 aromatic carbocycles. The van der Waals surface area contributed by atoms with Gasteiger partial charge < -0.3 is 10.3 Å². The van der Waals surface area contributed by atoms with Gasteiger partial charge in [-0.2, -0.15) is 0 Å². The largest absolute Gasteiger partial charge is 0.399 e. The number of nitrogens with zero attached hydrogens (tertiary/aromatic N) is 2. The van der Waals surface area contributed by atoms with Gasteiger partial charge in [0.05, 0.1) is 11.2 Å². The minimum atomic E-state index is -0.198. The van der Waals surface area contributed by atoms with Crippen LogP contribution in [0.1, 0.15) is 11.1 Å². The van der Waals surface area contributed by atoms with E-state index in [2.05, 4.69) is 9.55 Å². The van der Waals surface area contributed by atoms with E-state index in [0.717, 1.165) is 33.6 Å². The average Bonchev–Trinajstić information content (AvgIpc) is 2.91. The smallest absolute Gasteiger partial charge is 0.132 e. The van der Waals surface area contributed by atoms with Gasteiger partial charge in [0, 0.05) is 35.6 Å². The average molecular weight is 331 g/mol. The van der Waals surface area contributed by atoms with Gasteiger partial charge in [-0.25, -0.2) is 4.39 Å². The third kappa shape index (κ3) is 2.66. The number of hydrogen-bond donors (Lipinski definition) is 1. The maximum absolute atomic E-state index is 14.5. The number of aryl methyl sites for hydroxylation is 1. The molecule has 2 N–H and O–H groups in total. The Labute approximate surface area is 145 Å². The molecule has 0 atom stereocenters. The highest BCUT2D eigenvalue weighted by Crippen LogP contribution is 2.35. The van der Waals surface area contributed by atoms with Crippen molar-refractivity contribution in [3.63, 3.8) is 0 Å². The van der Waals surface area contributed by atoms with Crippen molar-refractivity contribution >= 4 is 16.6 Å². The molecular formula is C21H18FN3. The van der Waals surface area contributed by atoms with Crippen molar-refractivity contribution in [1.82, 2.24) is 9.55 Å². The van der Waals surface area contributed by atoms with Gasteiger partial charge in [-0.15, -0.1) is 0 Å². The van der Waals surface area contributed by atoms with Crippen molar-refractivity contribution in [2.45, 2.75) is 13.5 Å². The van der Waals surface area contributed by atoms with Crippen molar-refractivity contribution < 1.29 is 4.39 Å². The van der Waals surface area contributed by atoms with E-state index in [1.165, 1.54) is 6.07 Å². The molecule has 2 aromatic heterocycles. The molecule has 0 fully saturated rings. The number of halogens is 1. The van der Waals surface area contributed by atoms with E-state index in [-0.39, 0.29) is 5.82 Å². The number of nitrogens with two attached hydrogens (primary N) is 1. The summed E-state index contributed by atoms with van der Waals surface area (Å²) in [5.41, 5.74) is 11.4. The topological polar surface area (TPSA) is 43.8 Å². The summed E-state index contributed by atoms with van der Waals surface area (Å²) < 4.78 is 16.7. The van der Waals surface area contributed by atoms with Crippen LogP contribution in [0.15, 0.2) is 67.0 Å². The lowest BCUT2D eigenvalue weighted by molar-refractivity contribution is 0.639. The lowest BCUT2D eigenvalue weighted by Crippen LogP contribution is -2.02. The van der Waals surface area contributed by atoms with Crippen molar-refractivity contribution in [1.29, 1.82) is 0 Å². The Bertz CT molecular complexity index is 1030. The maximum atomic E-state index is 14.5. The summed E-state index contributed by atoms with van der Waals surface area (Å²) in [6.45, 7) is 2.60. The second-order valence-corrected chi connectivity index (χ2v) is 6.18. The normalized spacial score (nSPS) is 11.1. The number of rotatable bonds is 3. The number of pyridine rings is 1. The number of anilines is 1. The molecule has 2 heterocycles. The van der Waals surface area contributed by atoms with Crippen LogP contribution in [-0.4, -0.2) is 9.55 Å². The zero-order valence-corrected chi connectivity index (χ0v) is 13.9. The molecule has 0 spiro atoms. The first-order chi connectivity index (χ1) is 12.1. The SMILES string of the molecule is Cc1c(-c2cccnc2)n(Cc2ccc(N)cc2)c2cccc(F)c12. The van der Waals surface area contributed by atoms with E-state index in [9.17, 15) is 4.39 Å². The van der Waals surface area contributed by atoms with E-state index < -0.39 is 0 Å². The first-order valence-corrected chi connectivity index (χ1v) is 8.17. The molecule has 0 saturated carbocycles. The first-order valence-electron chi connectivity index (χ1n) is 8.17. The monoisotopic (exact) mass is 331 g/mol. The molecule has 0 amide bonds. The molecule has 25 heavy (non-hydrogen) atoms. The van der Waals surface area contributed by atoms with Gasteiger partial charge in [0.1, 0.15) is 5.82 Å². The second-order valence-electron chi connectivity index (χ2n) is 6.18.